The van der Waals surface area contributed by atoms with Gasteiger partial charge in [0, 0.05) is 38.6 Å². The fourth-order valence-corrected chi connectivity index (χ4v) is 3.07. The fraction of sp³-hybridized carbons (Fsp3) is 0.786. The van der Waals surface area contributed by atoms with Crippen molar-refractivity contribution < 1.29 is 4.74 Å². The maximum atomic E-state index is 6.00. The van der Waals surface area contributed by atoms with E-state index in [-0.39, 0.29) is 0 Å². The van der Waals surface area contributed by atoms with Crippen LogP contribution in [-0.2, 0) is 11.3 Å². The molecule has 3 rings (SSSR count). The molecule has 1 atom stereocenters. The van der Waals surface area contributed by atoms with Crippen molar-refractivity contribution in [2.24, 2.45) is 0 Å². The van der Waals surface area contributed by atoms with Crippen molar-refractivity contribution in [2.75, 3.05) is 39.3 Å². The molecule has 106 valence electrons. The first-order valence-electron chi connectivity index (χ1n) is 7.45. The first kappa shape index (κ1) is 13.1. The van der Waals surface area contributed by atoms with Crippen LogP contribution in [0.25, 0.3) is 0 Å². The minimum atomic E-state index is 0.357. The van der Waals surface area contributed by atoms with E-state index in [0.717, 1.165) is 45.0 Å². The fourth-order valence-electron chi connectivity index (χ4n) is 3.07. The van der Waals surface area contributed by atoms with Crippen LogP contribution in [0.5, 0.6) is 0 Å². The molecule has 0 aromatic carbocycles. The number of imidazole rings is 1. The minimum absolute atomic E-state index is 0.357. The summed E-state index contributed by atoms with van der Waals surface area (Å²) in [6.07, 6.45) is 7.90. The molecule has 2 saturated heterocycles. The Morgan fingerprint density at radius 2 is 2.05 bits per heavy atom. The summed E-state index contributed by atoms with van der Waals surface area (Å²) in [6.45, 7) is 7.53. The summed E-state index contributed by atoms with van der Waals surface area (Å²) in [5.41, 5.74) is 0. The van der Waals surface area contributed by atoms with Crippen molar-refractivity contribution in [3.8, 4) is 0 Å². The molecule has 1 N–H and O–H groups in total. The molecular weight excluding hydrogens is 240 g/mol. The van der Waals surface area contributed by atoms with Crippen molar-refractivity contribution in [3.63, 3.8) is 0 Å². The SMILES string of the molecule is c1c[nH]c(CN2CCCO[C@@H](CN3CCCC3)C2)n1. The Morgan fingerprint density at radius 3 is 2.84 bits per heavy atom. The van der Waals surface area contributed by atoms with Gasteiger partial charge in [-0.05, 0) is 32.4 Å². The van der Waals surface area contributed by atoms with Crippen molar-refractivity contribution in [1.29, 1.82) is 0 Å². The Labute approximate surface area is 114 Å². The molecule has 5 heteroatoms. The molecule has 2 aliphatic rings. The first-order chi connectivity index (χ1) is 9.40. The van der Waals surface area contributed by atoms with E-state index in [1.807, 2.05) is 12.4 Å². The third-order valence-corrected chi connectivity index (χ3v) is 4.02. The Balaban J connectivity index is 1.53. The molecule has 19 heavy (non-hydrogen) atoms. The van der Waals surface area contributed by atoms with E-state index in [4.69, 9.17) is 4.74 Å². The van der Waals surface area contributed by atoms with Gasteiger partial charge in [0.15, 0.2) is 0 Å². The van der Waals surface area contributed by atoms with Crippen LogP contribution in [0.4, 0.5) is 0 Å². The number of ether oxygens (including phenoxy) is 1. The second kappa shape index (κ2) is 6.50. The second-order valence-electron chi connectivity index (χ2n) is 5.63. The van der Waals surface area contributed by atoms with Crippen LogP contribution >= 0.6 is 0 Å². The predicted molar refractivity (Wildman–Crippen MR) is 73.9 cm³/mol. The van der Waals surface area contributed by atoms with Crippen molar-refractivity contribution in [2.45, 2.75) is 31.9 Å². The van der Waals surface area contributed by atoms with Crippen molar-refractivity contribution in [1.82, 2.24) is 19.8 Å². The number of hydrogen-bond acceptors (Lipinski definition) is 4. The van der Waals surface area contributed by atoms with E-state index in [0.29, 0.717) is 6.10 Å². The quantitative estimate of drug-likeness (QED) is 0.884. The van der Waals surface area contributed by atoms with E-state index in [9.17, 15) is 0 Å². The lowest BCUT2D eigenvalue weighted by Crippen LogP contribution is -2.39. The number of nitrogens with zero attached hydrogens (tertiary/aromatic N) is 3. The number of aromatic nitrogens is 2. The van der Waals surface area contributed by atoms with Gasteiger partial charge in [-0.25, -0.2) is 4.98 Å². The van der Waals surface area contributed by atoms with E-state index < -0.39 is 0 Å². The normalized spacial score (nSPS) is 26.6. The number of nitrogens with one attached hydrogen (secondary N) is 1. The zero-order valence-corrected chi connectivity index (χ0v) is 11.6. The van der Waals surface area contributed by atoms with Gasteiger partial charge in [0.2, 0.25) is 0 Å². The molecular formula is C14H24N4O. The molecule has 0 radical (unpaired) electrons. The van der Waals surface area contributed by atoms with Crippen LogP contribution in [-0.4, -0.2) is 65.2 Å². The van der Waals surface area contributed by atoms with Gasteiger partial charge in [0.25, 0.3) is 0 Å². The average Bonchev–Trinajstić information content (AvgIpc) is 3.03. The molecule has 1 aromatic heterocycles. The standard InChI is InChI=1S/C14H24N4O/c1-2-7-17(6-1)10-13-11-18(8-3-9-19-13)12-14-15-4-5-16-14/h4-5,13H,1-3,6-12H2,(H,15,16)/t13-/m0/s1. The Kier molecular flexibility index (Phi) is 4.48. The van der Waals surface area contributed by atoms with Gasteiger partial charge in [-0.3, -0.25) is 4.90 Å². The zero-order valence-electron chi connectivity index (χ0n) is 11.6. The smallest absolute Gasteiger partial charge is 0.120 e. The van der Waals surface area contributed by atoms with E-state index in [2.05, 4.69) is 19.8 Å². The van der Waals surface area contributed by atoms with E-state index in [1.165, 1.54) is 25.9 Å². The molecule has 3 heterocycles. The van der Waals surface area contributed by atoms with Crippen LogP contribution in [0.3, 0.4) is 0 Å². The topological polar surface area (TPSA) is 44.4 Å². The van der Waals surface area contributed by atoms with Crippen molar-refractivity contribution >= 4 is 0 Å². The average molecular weight is 264 g/mol. The second-order valence-corrected chi connectivity index (χ2v) is 5.63. The molecule has 0 unspecified atom stereocenters. The molecule has 2 fully saturated rings. The minimum Gasteiger partial charge on any atom is -0.376 e. The largest absolute Gasteiger partial charge is 0.376 e. The number of hydrogen-bond donors (Lipinski definition) is 1. The highest BCUT2D eigenvalue weighted by molar-refractivity contribution is 4.88. The number of aromatic amines is 1. The maximum absolute atomic E-state index is 6.00. The third-order valence-electron chi connectivity index (χ3n) is 4.02. The van der Waals surface area contributed by atoms with Gasteiger partial charge >= 0.3 is 0 Å². The summed E-state index contributed by atoms with van der Waals surface area (Å²) in [5, 5.41) is 0. The lowest BCUT2D eigenvalue weighted by atomic mass is 10.3. The molecule has 0 aliphatic carbocycles. The third kappa shape index (κ3) is 3.78. The lowest BCUT2D eigenvalue weighted by Gasteiger charge is -2.26. The number of likely N-dealkylation sites (tertiary alicyclic amines) is 1. The molecule has 0 amide bonds. The highest BCUT2D eigenvalue weighted by Crippen LogP contribution is 2.13. The van der Waals surface area contributed by atoms with Crippen LogP contribution < -0.4 is 0 Å². The van der Waals surface area contributed by atoms with Gasteiger partial charge in [0.05, 0.1) is 12.6 Å². The zero-order chi connectivity index (χ0) is 12.9. The van der Waals surface area contributed by atoms with Gasteiger partial charge in [-0.15, -0.1) is 0 Å². The summed E-state index contributed by atoms with van der Waals surface area (Å²) in [6, 6.07) is 0. The summed E-state index contributed by atoms with van der Waals surface area (Å²) in [4.78, 5) is 12.5. The van der Waals surface area contributed by atoms with E-state index in [1.54, 1.807) is 0 Å². The summed E-state index contributed by atoms with van der Waals surface area (Å²) < 4.78 is 6.00. The number of rotatable bonds is 4. The Bertz CT molecular complexity index is 362. The van der Waals surface area contributed by atoms with Crippen LogP contribution in [0.2, 0.25) is 0 Å². The lowest BCUT2D eigenvalue weighted by molar-refractivity contribution is 0.0305. The van der Waals surface area contributed by atoms with Crippen LogP contribution in [0, 0.1) is 0 Å². The molecule has 2 aliphatic heterocycles. The summed E-state index contributed by atoms with van der Waals surface area (Å²) in [7, 11) is 0. The van der Waals surface area contributed by atoms with Gasteiger partial charge in [0.1, 0.15) is 5.82 Å². The maximum Gasteiger partial charge on any atom is 0.120 e. The van der Waals surface area contributed by atoms with Crippen LogP contribution in [0.1, 0.15) is 25.1 Å². The molecule has 0 spiro atoms. The highest BCUT2D eigenvalue weighted by Gasteiger charge is 2.23. The van der Waals surface area contributed by atoms with Gasteiger partial charge in [-0.1, -0.05) is 0 Å². The number of H-pyrrole nitrogens is 1. The molecule has 0 saturated carbocycles. The van der Waals surface area contributed by atoms with Gasteiger partial charge in [-0.2, -0.15) is 0 Å². The van der Waals surface area contributed by atoms with Crippen molar-refractivity contribution in [3.05, 3.63) is 18.2 Å². The predicted octanol–water partition coefficient (Wildman–Crippen LogP) is 1.10. The summed E-state index contributed by atoms with van der Waals surface area (Å²) in [5.74, 6) is 1.06. The Morgan fingerprint density at radius 1 is 1.21 bits per heavy atom. The van der Waals surface area contributed by atoms with Gasteiger partial charge < -0.3 is 14.6 Å². The van der Waals surface area contributed by atoms with Crippen LogP contribution in [0.15, 0.2) is 12.4 Å². The highest BCUT2D eigenvalue weighted by atomic mass is 16.5. The first-order valence-corrected chi connectivity index (χ1v) is 7.45. The summed E-state index contributed by atoms with van der Waals surface area (Å²) >= 11 is 0. The molecule has 0 bridgehead atoms. The monoisotopic (exact) mass is 264 g/mol. The molecule has 1 aromatic rings. The Hall–Kier alpha value is -0.910. The van der Waals surface area contributed by atoms with E-state index >= 15 is 0 Å². The molecule has 5 nitrogen and oxygen atoms in total.